The summed E-state index contributed by atoms with van der Waals surface area (Å²) in [7, 11) is 1.86. The molecule has 0 aliphatic heterocycles. The van der Waals surface area contributed by atoms with Gasteiger partial charge in [-0.3, -0.25) is 4.98 Å². The molecule has 5 heteroatoms. The third-order valence-corrected chi connectivity index (χ3v) is 2.53. The van der Waals surface area contributed by atoms with Gasteiger partial charge in [0.25, 0.3) is 0 Å². The summed E-state index contributed by atoms with van der Waals surface area (Å²) >= 11 is 0. The molecule has 0 saturated carbocycles. The van der Waals surface area contributed by atoms with Gasteiger partial charge < -0.3 is 14.4 Å². The number of aliphatic hydroxyl groups is 1. The van der Waals surface area contributed by atoms with Gasteiger partial charge in [-0.05, 0) is 12.5 Å². The Balaban J connectivity index is 2.17. The number of nitrogens with zero attached hydrogens (tertiary/aromatic N) is 3. The van der Waals surface area contributed by atoms with Gasteiger partial charge in [0.1, 0.15) is 11.9 Å². The Kier molecular flexibility index (Phi) is 3.94. The molecule has 0 fully saturated rings. The van der Waals surface area contributed by atoms with Gasteiger partial charge in [0.2, 0.25) is 0 Å². The minimum absolute atomic E-state index is 0.604. The van der Waals surface area contributed by atoms with E-state index in [2.05, 4.69) is 9.97 Å². The Morgan fingerprint density at radius 3 is 2.94 bits per heavy atom. The van der Waals surface area contributed by atoms with Crippen LogP contribution in [0.1, 0.15) is 30.7 Å². The maximum absolute atomic E-state index is 10.2. The first-order valence-electron chi connectivity index (χ1n) is 5.94. The van der Waals surface area contributed by atoms with E-state index in [4.69, 9.17) is 4.74 Å². The van der Waals surface area contributed by atoms with Crippen LogP contribution >= 0.6 is 0 Å². The van der Waals surface area contributed by atoms with Crippen molar-refractivity contribution < 1.29 is 9.84 Å². The van der Waals surface area contributed by atoms with Crippen LogP contribution in [0.25, 0.3) is 0 Å². The Labute approximate surface area is 106 Å². The standard InChI is InChI=1S/C13H17N3O2/c1-3-4-18-11-5-10(6-14-7-11)13(17)12-8-16(2)9-15-12/h5-9,13,17H,3-4H2,1-2H3. The fraction of sp³-hybridized carbons (Fsp3) is 0.385. The second-order valence-electron chi connectivity index (χ2n) is 4.17. The van der Waals surface area contributed by atoms with Crippen molar-refractivity contribution in [3.8, 4) is 5.75 Å². The maximum atomic E-state index is 10.2. The van der Waals surface area contributed by atoms with Crippen molar-refractivity contribution in [2.75, 3.05) is 6.61 Å². The number of aromatic nitrogens is 3. The highest BCUT2D eigenvalue weighted by Crippen LogP contribution is 2.22. The number of rotatable bonds is 5. The van der Waals surface area contributed by atoms with Crippen LogP contribution in [-0.2, 0) is 7.05 Å². The molecule has 2 aromatic heterocycles. The lowest BCUT2D eigenvalue weighted by Crippen LogP contribution is -2.02. The van der Waals surface area contributed by atoms with Gasteiger partial charge in [-0.2, -0.15) is 0 Å². The maximum Gasteiger partial charge on any atom is 0.137 e. The number of hydrogen-bond donors (Lipinski definition) is 1. The predicted molar refractivity (Wildman–Crippen MR) is 67.3 cm³/mol. The molecule has 2 rings (SSSR count). The van der Waals surface area contributed by atoms with Crippen molar-refractivity contribution in [2.45, 2.75) is 19.4 Å². The molecule has 0 bridgehead atoms. The Morgan fingerprint density at radius 1 is 1.44 bits per heavy atom. The first-order chi connectivity index (χ1) is 8.70. The Bertz CT molecular complexity index is 510. The molecular weight excluding hydrogens is 230 g/mol. The zero-order valence-electron chi connectivity index (χ0n) is 10.6. The van der Waals surface area contributed by atoms with Crippen LogP contribution in [0.5, 0.6) is 5.75 Å². The highest BCUT2D eigenvalue weighted by Gasteiger charge is 2.14. The summed E-state index contributed by atoms with van der Waals surface area (Å²) < 4.78 is 7.28. The van der Waals surface area contributed by atoms with Gasteiger partial charge in [-0.1, -0.05) is 6.92 Å². The predicted octanol–water partition coefficient (Wildman–Crippen LogP) is 1.69. The van der Waals surface area contributed by atoms with E-state index in [1.807, 2.05) is 14.0 Å². The molecule has 1 atom stereocenters. The largest absolute Gasteiger partial charge is 0.492 e. The zero-order chi connectivity index (χ0) is 13.0. The quantitative estimate of drug-likeness (QED) is 0.873. The van der Waals surface area contributed by atoms with Crippen LogP contribution in [0, 0.1) is 0 Å². The van der Waals surface area contributed by atoms with Crippen molar-refractivity contribution in [3.05, 3.63) is 42.2 Å². The molecule has 0 spiro atoms. The summed E-state index contributed by atoms with van der Waals surface area (Å²) in [5.74, 6) is 0.671. The Morgan fingerprint density at radius 2 is 2.28 bits per heavy atom. The van der Waals surface area contributed by atoms with Crippen LogP contribution in [0.3, 0.4) is 0 Å². The van der Waals surface area contributed by atoms with Crippen LogP contribution in [0.15, 0.2) is 31.0 Å². The minimum atomic E-state index is -0.774. The minimum Gasteiger partial charge on any atom is -0.492 e. The van der Waals surface area contributed by atoms with Crippen molar-refractivity contribution in [3.63, 3.8) is 0 Å². The smallest absolute Gasteiger partial charge is 0.137 e. The molecule has 96 valence electrons. The molecule has 2 heterocycles. The number of aliphatic hydroxyl groups excluding tert-OH is 1. The van der Waals surface area contributed by atoms with E-state index in [9.17, 15) is 5.11 Å². The molecule has 0 radical (unpaired) electrons. The third-order valence-electron chi connectivity index (χ3n) is 2.53. The molecular formula is C13H17N3O2. The monoisotopic (exact) mass is 247 g/mol. The number of imidazole rings is 1. The highest BCUT2D eigenvalue weighted by atomic mass is 16.5. The van der Waals surface area contributed by atoms with Gasteiger partial charge in [-0.15, -0.1) is 0 Å². The summed E-state index contributed by atoms with van der Waals surface area (Å²) in [4.78, 5) is 8.20. The summed E-state index contributed by atoms with van der Waals surface area (Å²) in [5, 5.41) is 10.2. The normalized spacial score (nSPS) is 12.4. The highest BCUT2D eigenvalue weighted by molar-refractivity contribution is 5.29. The van der Waals surface area contributed by atoms with E-state index < -0.39 is 6.10 Å². The third kappa shape index (κ3) is 2.87. The number of aryl methyl sites for hydroxylation is 1. The van der Waals surface area contributed by atoms with Crippen molar-refractivity contribution in [1.82, 2.24) is 14.5 Å². The van der Waals surface area contributed by atoms with E-state index >= 15 is 0 Å². The van der Waals surface area contributed by atoms with Crippen LogP contribution in [0.4, 0.5) is 0 Å². The molecule has 1 unspecified atom stereocenters. The average Bonchev–Trinajstić information content (AvgIpc) is 2.82. The van der Waals surface area contributed by atoms with Crippen LogP contribution < -0.4 is 4.74 Å². The summed E-state index contributed by atoms with van der Waals surface area (Å²) in [5.41, 5.74) is 1.29. The second kappa shape index (κ2) is 5.64. The van der Waals surface area contributed by atoms with Gasteiger partial charge in [0, 0.05) is 25.0 Å². The van der Waals surface area contributed by atoms with Crippen LogP contribution in [0.2, 0.25) is 0 Å². The first kappa shape index (κ1) is 12.6. The summed E-state index contributed by atoms with van der Waals surface area (Å²) in [6.07, 6.45) is 6.87. The fourth-order valence-corrected chi connectivity index (χ4v) is 1.63. The van der Waals surface area contributed by atoms with E-state index in [0.29, 0.717) is 23.6 Å². The molecule has 0 amide bonds. The van der Waals surface area contributed by atoms with Gasteiger partial charge in [0.15, 0.2) is 0 Å². The summed E-state index contributed by atoms with van der Waals surface area (Å²) in [6, 6.07) is 1.79. The molecule has 1 N–H and O–H groups in total. The molecule has 2 aromatic rings. The first-order valence-corrected chi connectivity index (χ1v) is 5.94. The lowest BCUT2D eigenvalue weighted by Gasteiger charge is -2.10. The van der Waals surface area contributed by atoms with Crippen LogP contribution in [-0.4, -0.2) is 26.2 Å². The second-order valence-corrected chi connectivity index (χ2v) is 4.17. The lowest BCUT2D eigenvalue weighted by atomic mass is 10.1. The summed E-state index contributed by atoms with van der Waals surface area (Å²) in [6.45, 7) is 2.69. The van der Waals surface area contributed by atoms with E-state index in [1.165, 1.54) is 0 Å². The number of pyridine rings is 1. The average molecular weight is 247 g/mol. The zero-order valence-corrected chi connectivity index (χ0v) is 10.6. The molecule has 0 aliphatic rings. The van der Waals surface area contributed by atoms with E-state index in [-0.39, 0.29) is 0 Å². The molecule has 0 aromatic carbocycles. The SMILES string of the molecule is CCCOc1cncc(C(O)c2cn(C)cn2)c1. The van der Waals surface area contributed by atoms with Gasteiger partial charge >= 0.3 is 0 Å². The van der Waals surface area contributed by atoms with E-state index in [1.54, 1.807) is 35.6 Å². The van der Waals surface area contributed by atoms with Gasteiger partial charge in [-0.25, -0.2) is 4.98 Å². The van der Waals surface area contributed by atoms with Crippen molar-refractivity contribution in [2.24, 2.45) is 7.05 Å². The molecule has 18 heavy (non-hydrogen) atoms. The molecule has 0 saturated heterocycles. The van der Waals surface area contributed by atoms with Gasteiger partial charge in [0.05, 0.1) is 24.8 Å². The lowest BCUT2D eigenvalue weighted by molar-refractivity contribution is 0.214. The fourth-order valence-electron chi connectivity index (χ4n) is 1.63. The van der Waals surface area contributed by atoms with Crippen molar-refractivity contribution >= 4 is 0 Å². The molecule has 5 nitrogen and oxygen atoms in total. The molecule has 0 aliphatic carbocycles. The number of hydrogen-bond acceptors (Lipinski definition) is 4. The number of ether oxygens (including phenoxy) is 1. The topological polar surface area (TPSA) is 60.2 Å². The van der Waals surface area contributed by atoms with Crippen molar-refractivity contribution in [1.29, 1.82) is 0 Å². The van der Waals surface area contributed by atoms with E-state index in [0.717, 1.165) is 6.42 Å². The Hall–Kier alpha value is -1.88.